The Balaban J connectivity index is 2.44. The molecule has 0 saturated heterocycles. The highest BCUT2D eigenvalue weighted by atomic mass is 16.4. The maximum atomic E-state index is 10.9. The molecule has 0 saturated carbocycles. The fourth-order valence-corrected chi connectivity index (χ4v) is 1.89. The number of carboxylic acids is 1. The maximum absolute atomic E-state index is 10.9. The van der Waals surface area contributed by atoms with Gasteiger partial charge in [-0.3, -0.25) is 4.79 Å². The molecule has 106 valence electrons. The Morgan fingerprint density at radius 2 is 1.79 bits per heavy atom. The number of aliphatic hydroxyl groups excluding tert-OH is 2. The number of aliphatic hydroxyl groups is 2. The van der Waals surface area contributed by atoms with Gasteiger partial charge in [-0.2, -0.15) is 0 Å². The Morgan fingerprint density at radius 3 is 2.32 bits per heavy atom. The fourth-order valence-electron chi connectivity index (χ4n) is 1.89. The van der Waals surface area contributed by atoms with Gasteiger partial charge in [0, 0.05) is 0 Å². The highest BCUT2D eigenvalue weighted by Gasteiger charge is 2.27. The molecule has 0 spiro atoms. The molecule has 0 radical (unpaired) electrons. The summed E-state index contributed by atoms with van der Waals surface area (Å²) in [6.45, 7) is 3.32. The minimum Gasteiger partial charge on any atom is -0.481 e. The van der Waals surface area contributed by atoms with Crippen molar-refractivity contribution in [3.05, 3.63) is 35.9 Å². The molecule has 0 aliphatic heterocycles. The van der Waals surface area contributed by atoms with E-state index in [1.165, 1.54) is 0 Å². The Bertz CT molecular complexity index is 400. The van der Waals surface area contributed by atoms with E-state index in [0.717, 1.165) is 0 Å². The Labute approximate surface area is 113 Å². The van der Waals surface area contributed by atoms with Gasteiger partial charge in [-0.25, -0.2) is 0 Å². The van der Waals surface area contributed by atoms with Crippen LogP contribution in [0.2, 0.25) is 0 Å². The molecule has 0 amide bonds. The lowest BCUT2D eigenvalue weighted by Gasteiger charge is -2.22. The Morgan fingerprint density at radius 1 is 1.21 bits per heavy atom. The molecule has 1 aromatic rings. The van der Waals surface area contributed by atoms with Gasteiger partial charge < -0.3 is 15.3 Å². The smallest absolute Gasteiger partial charge is 0.309 e. The van der Waals surface area contributed by atoms with Gasteiger partial charge in [0.2, 0.25) is 0 Å². The van der Waals surface area contributed by atoms with Crippen molar-refractivity contribution in [2.24, 2.45) is 5.41 Å². The third kappa shape index (κ3) is 4.65. The van der Waals surface area contributed by atoms with E-state index in [4.69, 9.17) is 5.11 Å². The number of benzene rings is 1. The van der Waals surface area contributed by atoms with Crippen LogP contribution in [0.3, 0.4) is 0 Å². The summed E-state index contributed by atoms with van der Waals surface area (Å²) in [4.78, 5) is 10.9. The molecule has 3 N–H and O–H groups in total. The third-order valence-electron chi connectivity index (χ3n) is 3.39. The van der Waals surface area contributed by atoms with Crippen LogP contribution in [0.5, 0.6) is 0 Å². The molecule has 1 aromatic carbocycles. The van der Waals surface area contributed by atoms with Gasteiger partial charge >= 0.3 is 5.97 Å². The molecule has 19 heavy (non-hydrogen) atoms. The van der Waals surface area contributed by atoms with Crippen LogP contribution in [0.4, 0.5) is 0 Å². The summed E-state index contributed by atoms with van der Waals surface area (Å²) in [7, 11) is 0. The van der Waals surface area contributed by atoms with Gasteiger partial charge in [-0.1, -0.05) is 30.3 Å². The predicted molar refractivity (Wildman–Crippen MR) is 72.7 cm³/mol. The Hall–Kier alpha value is -1.39. The molecule has 4 nitrogen and oxygen atoms in total. The molecule has 4 heteroatoms. The SMILES string of the molecule is CC(C)(CCCC(O)C(O)c1ccccc1)C(=O)O. The van der Waals surface area contributed by atoms with Crippen molar-refractivity contribution in [3.63, 3.8) is 0 Å². The van der Waals surface area contributed by atoms with Gasteiger partial charge in [0.1, 0.15) is 6.10 Å². The average molecular weight is 266 g/mol. The lowest BCUT2D eigenvalue weighted by Crippen LogP contribution is -2.25. The van der Waals surface area contributed by atoms with E-state index >= 15 is 0 Å². The van der Waals surface area contributed by atoms with Crippen molar-refractivity contribution in [1.82, 2.24) is 0 Å². The maximum Gasteiger partial charge on any atom is 0.309 e. The number of carbonyl (C=O) groups is 1. The van der Waals surface area contributed by atoms with Crippen LogP contribution in [0.1, 0.15) is 44.8 Å². The second-order valence-electron chi connectivity index (χ2n) is 5.50. The molecule has 0 heterocycles. The normalized spacial score (nSPS) is 14.9. The van der Waals surface area contributed by atoms with Crippen LogP contribution >= 0.6 is 0 Å². The highest BCUT2D eigenvalue weighted by molar-refractivity contribution is 5.73. The standard InChI is InChI=1S/C15H22O4/c1-15(2,14(18)19)10-6-9-12(16)13(17)11-7-4-3-5-8-11/h3-5,7-8,12-13,16-17H,6,9-10H2,1-2H3,(H,18,19). The van der Waals surface area contributed by atoms with Crippen LogP contribution < -0.4 is 0 Å². The van der Waals surface area contributed by atoms with E-state index in [1.54, 1.807) is 38.1 Å². The summed E-state index contributed by atoms with van der Waals surface area (Å²) >= 11 is 0. The molecule has 0 bridgehead atoms. The van der Waals surface area contributed by atoms with Crippen LogP contribution in [0.15, 0.2) is 30.3 Å². The predicted octanol–water partition coefficient (Wildman–Crippen LogP) is 2.36. The molecular formula is C15H22O4. The lowest BCUT2D eigenvalue weighted by atomic mass is 9.86. The van der Waals surface area contributed by atoms with E-state index in [1.807, 2.05) is 6.07 Å². The first kappa shape index (κ1) is 15.7. The summed E-state index contributed by atoms with van der Waals surface area (Å²) in [5.41, 5.74) is -0.121. The summed E-state index contributed by atoms with van der Waals surface area (Å²) < 4.78 is 0. The number of hydrogen-bond acceptors (Lipinski definition) is 3. The quantitative estimate of drug-likeness (QED) is 0.708. The number of carboxylic acid groups (broad SMARTS) is 1. The van der Waals surface area contributed by atoms with E-state index in [-0.39, 0.29) is 0 Å². The first-order chi connectivity index (χ1) is 8.84. The van der Waals surface area contributed by atoms with Gasteiger partial charge in [0.25, 0.3) is 0 Å². The largest absolute Gasteiger partial charge is 0.481 e. The minimum atomic E-state index is -0.922. The number of rotatable bonds is 7. The van der Waals surface area contributed by atoms with Crippen LogP contribution in [0.25, 0.3) is 0 Å². The van der Waals surface area contributed by atoms with Gasteiger partial charge in [-0.05, 0) is 38.7 Å². The monoisotopic (exact) mass is 266 g/mol. The Kier molecular flexibility index (Phi) is 5.51. The molecule has 2 unspecified atom stereocenters. The van der Waals surface area contributed by atoms with E-state index in [9.17, 15) is 15.0 Å². The number of hydrogen-bond donors (Lipinski definition) is 3. The average Bonchev–Trinajstić information content (AvgIpc) is 2.38. The zero-order valence-electron chi connectivity index (χ0n) is 11.4. The molecular weight excluding hydrogens is 244 g/mol. The summed E-state index contributed by atoms with van der Waals surface area (Å²) in [6, 6.07) is 8.97. The van der Waals surface area contributed by atoms with Crippen LogP contribution in [-0.4, -0.2) is 27.4 Å². The minimum absolute atomic E-state index is 0.382. The molecule has 0 fully saturated rings. The van der Waals surface area contributed by atoms with Crippen LogP contribution in [0, 0.1) is 5.41 Å². The van der Waals surface area contributed by atoms with Crippen molar-refractivity contribution in [1.29, 1.82) is 0 Å². The summed E-state index contributed by atoms with van der Waals surface area (Å²) in [5, 5.41) is 28.9. The lowest BCUT2D eigenvalue weighted by molar-refractivity contribution is -0.147. The van der Waals surface area contributed by atoms with Crippen molar-refractivity contribution < 1.29 is 20.1 Å². The van der Waals surface area contributed by atoms with Gasteiger partial charge in [-0.15, -0.1) is 0 Å². The van der Waals surface area contributed by atoms with E-state index in [2.05, 4.69) is 0 Å². The summed E-state index contributed by atoms with van der Waals surface area (Å²) in [5.74, 6) is -0.842. The fraction of sp³-hybridized carbons (Fsp3) is 0.533. The zero-order chi connectivity index (χ0) is 14.5. The van der Waals surface area contributed by atoms with Crippen molar-refractivity contribution in [3.8, 4) is 0 Å². The highest BCUT2D eigenvalue weighted by Crippen LogP contribution is 2.26. The van der Waals surface area contributed by atoms with Crippen LogP contribution in [-0.2, 0) is 4.79 Å². The van der Waals surface area contributed by atoms with Gasteiger partial charge in [0.15, 0.2) is 0 Å². The molecule has 2 atom stereocenters. The van der Waals surface area contributed by atoms with Crippen molar-refractivity contribution in [2.75, 3.05) is 0 Å². The molecule has 0 aromatic heterocycles. The third-order valence-corrected chi connectivity index (χ3v) is 3.39. The number of aliphatic carboxylic acids is 1. The summed E-state index contributed by atoms with van der Waals surface area (Å²) in [6.07, 6.45) is -0.376. The second kappa shape index (κ2) is 6.68. The van der Waals surface area contributed by atoms with Crippen molar-refractivity contribution >= 4 is 5.97 Å². The first-order valence-electron chi connectivity index (χ1n) is 6.49. The van der Waals surface area contributed by atoms with E-state index in [0.29, 0.717) is 24.8 Å². The molecule has 0 aliphatic carbocycles. The first-order valence-corrected chi connectivity index (χ1v) is 6.49. The van der Waals surface area contributed by atoms with Gasteiger partial charge in [0.05, 0.1) is 11.5 Å². The zero-order valence-corrected chi connectivity index (χ0v) is 11.4. The second-order valence-corrected chi connectivity index (χ2v) is 5.50. The van der Waals surface area contributed by atoms with Crippen molar-refractivity contribution in [2.45, 2.75) is 45.3 Å². The molecule has 0 aliphatic rings. The topological polar surface area (TPSA) is 77.8 Å². The van der Waals surface area contributed by atoms with E-state index < -0.39 is 23.6 Å². The molecule has 1 rings (SSSR count).